The Kier molecular flexibility index (Phi) is 10.8. The van der Waals surface area contributed by atoms with Crippen molar-refractivity contribution in [3.63, 3.8) is 0 Å². The molecule has 3 nitrogen and oxygen atoms in total. The van der Waals surface area contributed by atoms with Crippen molar-refractivity contribution < 1.29 is 23.4 Å². The zero-order valence-electron chi connectivity index (χ0n) is 23.6. The Balaban J connectivity index is 1.96. The molecule has 0 bridgehead atoms. The number of aryl methyl sites for hydroxylation is 1. The number of rotatable bonds is 13. The highest BCUT2D eigenvalue weighted by Gasteiger charge is 2.27. The first-order valence-electron chi connectivity index (χ1n) is 13.7. The SMILES string of the molecule is C=C(C)C(=O)OCc1cc(-c2ccc(-c3ccc(CCCCC)cc3)c(F)c2F)ccc1[Si](C)(C)CCCO. The predicted molar refractivity (Wildman–Crippen MR) is 159 cm³/mol. The quantitative estimate of drug-likeness (QED) is 0.102. The van der Waals surface area contributed by atoms with Crippen molar-refractivity contribution >= 4 is 19.2 Å². The largest absolute Gasteiger partial charge is 0.457 e. The normalized spacial score (nSPS) is 11.5. The van der Waals surface area contributed by atoms with Crippen LogP contribution in [0.25, 0.3) is 22.3 Å². The number of aliphatic hydroxyl groups is 1. The van der Waals surface area contributed by atoms with E-state index < -0.39 is 25.7 Å². The molecule has 0 amide bonds. The van der Waals surface area contributed by atoms with Crippen molar-refractivity contribution in [2.75, 3.05) is 6.61 Å². The van der Waals surface area contributed by atoms with E-state index in [1.165, 1.54) is 12.0 Å². The van der Waals surface area contributed by atoms with Crippen molar-refractivity contribution in [3.8, 4) is 22.3 Å². The molecule has 208 valence electrons. The van der Waals surface area contributed by atoms with Gasteiger partial charge < -0.3 is 9.84 Å². The van der Waals surface area contributed by atoms with Crippen LogP contribution in [0.2, 0.25) is 19.1 Å². The van der Waals surface area contributed by atoms with Gasteiger partial charge in [0.25, 0.3) is 0 Å². The Hall–Kier alpha value is -3.09. The zero-order chi connectivity index (χ0) is 28.6. The van der Waals surface area contributed by atoms with Crippen LogP contribution < -0.4 is 5.19 Å². The lowest BCUT2D eigenvalue weighted by Crippen LogP contribution is -2.43. The van der Waals surface area contributed by atoms with Crippen LogP contribution in [-0.4, -0.2) is 25.8 Å². The van der Waals surface area contributed by atoms with Crippen LogP contribution in [0.15, 0.2) is 66.7 Å². The minimum absolute atomic E-state index is 0.0111. The Morgan fingerprint density at radius 1 is 0.923 bits per heavy atom. The summed E-state index contributed by atoms with van der Waals surface area (Å²) in [7, 11) is -2.00. The van der Waals surface area contributed by atoms with Crippen LogP contribution in [0.4, 0.5) is 8.78 Å². The van der Waals surface area contributed by atoms with Gasteiger partial charge in [-0.15, -0.1) is 0 Å². The fourth-order valence-electron chi connectivity index (χ4n) is 4.89. The highest BCUT2D eigenvalue weighted by atomic mass is 28.3. The first kappa shape index (κ1) is 30.4. The van der Waals surface area contributed by atoms with Gasteiger partial charge in [0.1, 0.15) is 6.61 Å². The topological polar surface area (TPSA) is 46.5 Å². The third kappa shape index (κ3) is 7.73. The van der Waals surface area contributed by atoms with Gasteiger partial charge in [-0.2, -0.15) is 0 Å². The molecule has 0 saturated heterocycles. The number of hydrogen-bond acceptors (Lipinski definition) is 3. The van der Waals surface area contributed by atoms with Crippen LogP contribution in [0, 0.1) is 11.6 Å². The summed E-state index contributed by atoms with van der Waals surface area (Å²) in [5.41, 5.74) is 3.77. The molecule has 0 aromatic heterocycles. The van der Waals surface area contributed by atoms with E-state index in [1.807, 2.05) is 30.3 Å². The molecule has 0 spiro atoms. The molecular weight excluding hydrogens is 510 g/mol. The van der Waals surface area contributed by atoms with Crippen LogP contribution in [0.1, 0.15) is 50.7 Å². The second kappa shape index (κ2) is 13.8. The van der Waals surface area contributed by atoms with Crippen LogP contribution in [0.3, 0.4) is 0 Å². The summed E-state index contributed by atoms with van der Waals surface area (Å²) < 4.78 is 36.3. The minimum atomic E-state index is -2.00. The van der Waals surface area contributed by atoms with E-state index in [2.05, 4.69) is 26.6 Å². The molecule has 0 atom stereocenters. The third-order valence-electron chi connectivity index (χ3n) is 7.23. The monoisotopic (exact) mass is 550 g/mol. The number of benzene rings is 3. The van der Waals surface area contributed by atoms with E-state index in [0.717, 1.165) is 36.1 Å². The van der Waals surface area contributed by atoms with Crippen LogP contribution in [-0.2, 0) is 22.6 Å². The van der Waals surface area contributed by atoms with Gasteiger partial charge in [-0.3, -0.25) is 0 Å². The number of halogens is 2. The Bertz CT molecular complexity index is 1300. The number of carbonyl (C=O) groups is 1. The van der Waals surface area contributed by atoms with E-state index in [1.54, 1.807) is 31.2 Å². The van der Waals surface area contributed by atoms with E-state index in [-0.39, 0.29) is 24.3 Å². The second-order valence-corrected chi connectivity index (χ2v) is 15.7. The van der Waals surface area contributed by atoms with Gasteiger partial charge in [-0.1, -0.05) is 99.2 Å². The Labute approximate surface area is 232 Å². The number of ether oxygens (including phenoxy) is 1. The Morgan fingerprint density at radius 2 is 1.54 bits per heavy atom. The van der Waals surface area contributed by atoms with Crippen LogP contribution in [0.5, 0.6) is 0 Å². The van der Waals surface area contributed by atoms with Gasteiger partial charge in [-0.05, 0) is 54.5 Å². The number of hydrogen-bond donors (Lipinski definition) is 1. The number of esters is 1. The van der Waals surface area contributed by atoms with Crippen molar-refractivity contribution in [1.82, 2.24) is 0 Å². The van der Waals surface area contributed by atoms with Gasteiger partial charge in [0.05, 0.1) is 8.07 Å². The first-order valence-corrected chi connectivity index (χ1v) is 16.9. The summed E-state index contributed by atoms with van der Waals surface area (Å²) in [6.45, 7) is 11.9. The van der Waals surface area contributed by atoms with Gasteiger partial charge >= 0.3 is 5.97 Å². The molecule has 0 aliphatic carbocycles. The lowest BCUT2D eigenvalue weighted by atomic mass is 9.96. The highest BCUT2D eigenvalue weighted by Crippen LogP contribution is 2.32. The van der Waals surface area contributed by atoms with E-state index >= 15 is 8.78 Å². The van der Waals surface area contributed by atoms with Gasteiger partial charge in [0.2, 0.25) is 0 Å². The summed E-state index contributed by atoms with van der Waals surface area (Å²) in [5.74, 6) is -2.30. The Morgan fingerprint density at radius 3 is 2.13 bits per heavy atom. The molecule has 0 aliphatic rings. The summed E-state index contributed by atoms with van der Waals surface area (Å²) in [4.78, 5) is 12.1. The molecule has 0 saturated carbocycles. The lowest BCUT2D eigenvalue weighted by molar-refractivity contribution is -0.140. The first-order chi connectivity index (χ1) is 18.6. The molecule has 6 heteroatoms. The van der Waals surface area contributed by atoms with Gasteiger partial charge in [0, 0.05) is 23.3 Å². The van der Waals surface area contributed by atoms with E-state index in [4.69, 9.17) is 4.74 Å². The van der Waals surface area contributed by atoms with Gasteiger partial charge in [-0.25, -0.2) is 13.6 Å². The van der Waals surface area contributed by atoms with E-state index in [9.17, 15) is 9.90 Å². The average molecular weight is 551 g/mol. The fourth-order valence-corrected chi connectivity index (χ4v) is 7.75. The molecule has 0 radical (unpaired) electrons. The third-order valence-corrected chi connectivity index (χ3v) is 10.8. The summed E-state index contributed by atoms with van der Waals surface area (Å²) in [5, 5.41) is 10.4. The zero-order valence-corrected chi connectivity index (χ0v) is 24.6. The van der Waals surface area contributed by atoms with Crippen molar-refractivity contribution in [3.05, 3.63) is 89.5 Å². The van der Waals surface area contributed by atoms with E-state index in [0.29, 0.717) is 23.1 Å². The molecule has 3 aromatic rings. The molecule has 39 heavy (non-hydrogen) atoms. The molecule has 0 heterocycles. The maximum Gasteiger partial charge on any atom is 0.333 e. The smallest absolute Gasteiger partial charge is 0.333 e. The maximum absolute atomic E-state index is 15.5. The summed E-state index contributed by atoms with van der Waals surface area (Å²) in [6, 6.07) is 17.3. The van der Waals surface area contributed by atoms with Crippen molar-refractivity contribution in [2.45, 2.75) is 71.7 Å². The predicted octanol–water partition coefficient (Wildman–Crippen LogP) is 7.95. The summed E-state index contributed by atoms with van der Waals surface area (Å²) >= 11 is 0. The highest BCUT2D eigenvalue weighted by molar-refractivity contribution is 6.90. The van der Waals surface area contributed by atoms with Gasteiger partial charge in [0.15, 0.2) is 11.6 Å². The minimum Gasteiger partial charge on any atom is -0.457 e. The van der Waals surface area contributed by atoms with Crippen LogP contribution >= 0.6 is 0 Å². The number of carbonyl (C=O) groups excluding carboxylic acids is 1. The molecule has 1 N–H and O–H groups in total. The standard InChI is InChI=1S/C33H40F2O3Si/c1-6-7-8-10-24-11-13-25(14-12-24)28-16-17-29(32(35)31(28)34)26-15-18-30(39(4,5)20-9-19-36)27(21-26)22-38-33(37)23(2)3/h11-18,21,36H,2,6-10,19-20,22H2,1,3-5H3. The molecule has 0 aliphatic heterocycles. The van der Waals surface area contributed by atoms with Crippen molar-refractivity contribution in [1.29, 1.82) is 0 Å². The number of aliphatic hydroxyl groups excluding tert-OH is 1. The van der Waals surface area contributed by atoms with Crippen molar-refractivity contribution in [2.24, 2.45) is 0 Å². The molecule has 0 fully saturated rings. The average Bonchev–Trinajstić information content (AvgIpc) is 2.92. The molecule has 3 rings (SSSR count). The lowest BCUT2D eigenvalue weighted by Gasteiger charge is -2.26. The number of unbranched alkanes of at least 4 members (excludes halogenated alkanes) is 2. The maximum atomic E-state index is 15.5. The second-order valence-electron chi connectivity index (χ2n) is 10.9. The summed E-state index contributed by atoms with van der Waals surface area (Å²) in [6.07, 6.45) is 5.09. The molecule has 3 aromatic carbocycles. The fraction of sp³-hybridized carbons (Fsp3) is 0.364. The molecule has 0 unspecified atom stereocenters. The molecular formula is C33H40F2O3Si.